The number of aromatic nitrogens is 4. The zero-order valence-corrected chi connectivity index (χ0v) is 12.1. The normalized spacial score (nSPS) is 16.1. The van der Waals surface area contributed by atoms with Crippen LogP contribution in [0.2, 0.25) is 0 Å². The lowest BCUT2D eigenvalue weighted by Crippen LogP contribution is -2.37. The van der Waals surface area contributed by atoms with Crippen molar-refractivity contribution in [2.45, 2.75) is 26.3 Å². The molecule has 1 aliphatic rings. The van der Waals surface area contributed by atoms with E-state index in [9.17, 15) is 4.79 Å². The first kappa shape index (κ1) is 13.7. The van der Waals surface area contributed by atoms with Gasteiger partial charge in [0, 0.05) is 38.1 Å². The Morgan fingerprint density at radius 3 is 2.76 bits per heavy atom. The van der Waals surface area contributed by atoms with Crippen LogP contribution in [0.1, 0.15) is 18.7 Å². The predicted molar refractivity (Wildman–Crippen MR) is 80.2 cm³/mol. The smallest absolute Gasteiger partial charge is 0.266 e. The molecule has 6 nitrogen and oxygen atoms in total. The Morgan fingerprint density at radius 2 is 2.05 bits per heavy atom. The molecule has 0 amide bonds. The van der Waals surface area contributed by atoms with Crippen molar-refractivity contribution in [3.63, 3.8) is 0 Å². The second-order valence-corrected chi connectivity index (χ2v) is 5.44. The molecule has 2 aromatic rings. The number of rotatable bonds is 3. The van der Waals surface area contributed by atoms with Gasteiger partial charge in [0.25, 0.3) is 5.56 Å². The van der Waals surface area contributed by atoms with E-state index in [0.717, 1.165) is 37.6 Å². The minimum atomic E-state index is -0.0219. The number of hydrogen-bond acceptors (Lipinski definition) is 5. The van der Waals surface area contributed by atoms with Crippen molar-refractivity contribution >= 4 is 5.82 Å². The number of aryl methyl sites for hydroxylation is 1. The second-order valence-electron chi connectivity index (χ2n) is 5.44. The highest BCUT2D eigenvalue weighted by Gasteiger charge is 2.21. The van der Waals surface area contributed by atoms with Crippen molar-refractivity contribution in [3.05, 3.63) is 46.8 Å². The van der Waals surface area contributed by atoms with E-state index in [0.29, 0.717) is 12.5 Å². The monoisotopic (exact) mass is 285 g/mol. The van der Waals surface area contributed by atoms with Crippen LogP contribution in [-0.4, -0.2) is 32.8 Å². The van der Waals surface area contributed by atoms with Gasteiger partial charge in [-0.15, -0.1) is 0 Å². The van der Waals surface area contributed by atoms with Gasteiger partial charge in [0.2, 0.25) is 0 Å². The van der Waals surface area contributed by atoms with Gasteiger partial charge in [-0.05, 0) is 37.8 Å². The van der Waals surface area contributed by atoms with E-state index in [2.05, 4.69) is 20.0 Å². The molecule has 0 spiro atoms. The molecule has 1 fully saturated rings. The van der Waals surface area contributed by atoms with E-state index in [1.165, 1.54) is 0 Å². The minimum absolute atomic E-state index is 0.0219. The summed E-state index contributed by atoms with van der Waals surface area (Å²) in [6.07, 6.45) is 5.57. The summed E-state index contributed by atoms with van der Waals surface area (Å²) in [7, 11) is 0. The van der Waals surface area contributed by atoms with Crippen LogP contribution in [0, 0.1) is 12.8 Å². The summed E-state index contributed by atoms with van der Waals surface area (Å²) in [5.74, 6) is 2.29. The zero-order chi connectivity index (χ0) is 14.7. The molecule has 0 unspecified atom stereocenters. The Labute approximate surface area is 123 Å². The van der Waals surface area contributed by atoms with Crippen LogP contribution in [0.5, 0.6) is 0 Å². The summed E-state index contributed by atoms with van der Waals surface area (Å²) < 4.78 is 1.56. The lowest BCUT2D eigenvalue weighted by Gasteiger charge is -2.32. The molecule has 110 valence electrons. The molecule has 0 saturated carbocycles. The highest BCUT2D eigenvalue weighted by Crippen LogP contribution is 2.22. The van der Waals surface area contributed by atoms with Crippen molar-refractivity contribution in [1.29, 1.82) is 0 Å². The molecule has 0 atom stereocenters. The summed E-state index contributed by atoms with van der Waals surface area (Å²) in [4.78, 5) is 22.6. The first-order valence-corrected chi connectivity index (χ1v) is 7.29. The molecule has 1 saturated heterocycles. The molecule has 0 aromatic carbocycles. The highest BCUT2D eigenvalue weighted by atomic mass is 16.1. The van der Waals surface area contributed by atoms with E-state index >= 15 is 0 Å². The summed E-state index contributed by atoms with van der Waals surface area (Å²) in [6.45, 7) is 4.53. The first-order valence-electron chi connectivity index (χ1n) is 7.29. The molecule has 2 aromatic heterocycles. The molecule has 21 heavy (non-hydrogen) atoms. The molecule has 0 bridgehead atoms. The standard InChI is InChI=1S/C15H19N5O/c1-12-16-8-4-14(18-12)19-9-5-13(6-10-19)11-20-15(21)3-2-7-17-20/h2-4,7-8,13H,5-6,9-11H2,1H3. The van der Waals surface area contributed by atoms with Gasteiger partial charge in [-0.25, -0.2) is 14.6 Å². The van der Waals surface area contributed by atoms with Crippen molar-refractivity contribution in [1.82, 2.24) is 19.7 Å². The topological polar surface area (TPSA) is 63.9 Å². The average Bonchev–Trinajstić information content (AvgIpc) is 2.50. The molecule has 0 aliphatic carbocycles. The molecule has 1 aliphatic heterocycles. The molecule has 6 heteroatoms. The third-order valence-corrected chi connectivity index (χ3v) is 3.92. The van der Waals surface area contributed by atoms with Gasteiger partial charge in [0.1, 0.15) is 11.6 Å². The minimum Gasteiger partial charge on any atom is -0.356 e. The fourth-order valence-electron chi connectivity index (χ4n) is 2.73. The van der Waals surface area contributed by atoms with Crippen molar-refractivity contribution in [2.75, 3.05) is 18.0 Å². The SMILES string of the molecule is Cc1nccc(N2CCC(Cn3ncccc3=O)CC2)n1. The lowest BCUT2D eigenvalue weighted by atomic mass is 9.97. The van der Waals surface area contributed by atoms with E-state index in [-0.39, 0.29) is 5.56 Å². The average molecular weight is 285 g/mol. The summed E-state index contributed by atoms with van der Waals surface area (Å²) in [5, 5.41) is 4.13. The second kappa shape index (κ2) is 6.03. The van der Waals surface area contributed by atoms with Gasteiger partial charge in [-0.2, -0.15) is 5.10 Å². The van der Waals surface area contributed by atoms with Crippen LogP contribution in [0.25, 0.3) is 0 Å². The number of hydrogen-bond donors (Lipinski definition) is 0. The Kier molecular flexibility index (Phi) is 3.94. The van der Waals surface area contributed by atoms with Crippen LogP contribution >= 0.6 is 0 Å². The Morgan fingerprint density at radius 1 is 1.24 bits per heavy atom. The fourth-order valence-corrected chi connectivity index (χ4v) is 2.73. The van der Waals surface area contributed by atoms with Crippen molar-refractivity contribution in [2.24, 2.45) is 5.92 Å². The van der Waals surface area contributed by atoms with Gasteiger partial charge in [-0.3, -0.25) is 4.79 Å². The van der Waals surface area contributed by atoms with E-state index in [1.54, 1.807) is 29.2 Å². The third-order valence-electron chi connectivity index (χ3n) is 3.92. The van der Waals surface area contributed by atoms with Gasteiger partial charge in [-0.1, -0.05) is 0 Å². The van der Waals surface area contributed by atoms with Crippen molar-refractivity contribution in [3.8, 4) is 0 Å². The van der Waals surface area contributed by atoms with Gasteiger partial charge < -0.3 is 4.90 Å². The molecular weight excluding hydrogens is 266 g/mol. The number of nitrogens with zero attached hydrogens (tertiary/aromatic N) is 5. The Bertz CT molecular complexity index is 661. The molecule has 0 radical (unpaired) electrons. The van der Waals surface area contributed by atoms with Crippen molar-refractivity contribution < 1.29 is 0 Å². The molecular formula is C15H19N5O. The zero-order valence-electron chi connectivity index (χ0n) is 12.1. The fraction of sp³-hybridized carbons (Fsp3) is 0.467. The highest BCUT2D eigenvalue weighted by molar-refractivity contribution is 5.37. The van der Waals surface area contributed by atoms with E-state index in [1.807, 2.05) is 13.0 Å². The maximum atomic E-state index is 11.7. The number of piperidine rings is 1. The molecule has 3 rings (SSSR count). The third kappa shape index (κ3) is 3.26. The van der Waals surface area contributed by atoms with Gasteiger partial charge >= 0.3 is 0 Å². The van der Waals surface area contributed by atoms with Gasteiger partial charge in [0.15, 0.2) is 0 Å². The maximum Gasteiger partial charge on any atom is 0.266 e. The van der Waals surface area contributed by atoms with E-state index < -0.39 is 0 Å². The van der Waals surface area contributed by atoms with Crippen LogP contribution in [0.15, 0.2) is 35.4 Å². The Balaban J connectivity index is 1.61. The summed E-state index contributed by atoms with van der Waals surface area (Å²) in [6, 6.07) is 5.20. The first-order chi connectivity index (χ1) is 10.2. The van der Waals surface area contributed by atoms with Crippen LogP contribution < -0.4 is 10.5 Å². The van der Waals surface area contributed by atoms with Crippen LogP contribution in [-0.2, 0) is 6.54 Å². The summed E-state index contributed by atoms with van der Waals surface area (Å²) in [5.41, 5.74) is -0.0219. The van der Waals surface area contributed by atoms with Crippen LogP contribution in [0.3, 0.4) is 0 Å². The molecule has 0 N–H and O–H groups in total. The Hall–Kier alpha value is -2.24. The number of anilines is 1. The van der Waals surface area contributed by atoms with E-state index in [4.69, 9.17) is 0 Å². The van der Waals surface area contributed by atoms with Crippen LogP contribution in [0.4, 0.5) is 5.82 Å². The summed E-state index contributed by atoms with van der Waals surface area (Å²) >= 11 is 0. The van der Waals surface area contributed by atoms with Gasteiger partial charge in [0.05, 0.1) is 0 Å². The largest absolute Gasteiger partial charge is 0.356 e. The molecule has 3 heterocycles. The quantitative estimate of drug-likeness (QED) is 0.849. The predicted octanol–water partition coefficient (Wildman–Crippen LogP) is 1.26. The lowest BCUT2D eigenvalue weighted by molar-refractivity contribution is 0.334. The maximum absolute atomic E-state index is 11.7.